The molecule has 0 spiro atoms. The molecule has 2 rings (SSSR count). The average Bonchev–Trinajstić information content (AvgIpc) is 2.42. The van der Waals surface area contributed by atoms with Crippen molar-refractivity contribution in [3.8, 4) is 11.5 Å². The van der Waals surface area contributed by atoms with Crippen LogP contribution in [-0.2, 0) is 0 Å². The van der Waals surface area contributed by atoms with E-state index in [1.807, 2.05) is 24.3 Å². The zero-order chi connectivity index (χ0) is 14.4. The van der Waals surface area contributed by atoms with Crippen molar-refractivity contribution in [2.75, 3.05) is 13.2 Å². The molecule has 5 heteroatoms. The molecule has 0 unspecified atom stereocenters. The van der Waals surface area contributed by atoms with E-state index in [1.165, 1.54) is 12.1 Å². The molecule has 0 heterocycles. The summed E-state index contributed by atoms with van der Waals surface area (Å²) in [6.45, 7) is 1.14. The van der Waals surface area contributed by atoms with Gasteiger partial charge in [0, 0.05) is 6.42 Å². The molecule has 0 saturated heterocycles. The van der Waals surface area contributed by atoms with Crippen LogP contribution >= 0.6 is 45.2 Å². The van der Waals surface area contributed by atoms with Crippen molar-refractivity contribution in [2.45, 2.75) is 6.42 Å². The van der Waals surface area contributed by atoms with Gasteiger partial charge in [0.1, 0.15) is 17.3 Å². The van der Waals surface area contributed by atoms with Gasteiger partial charge in [-0.25, -0.2) is 4.39 Å². The zero-order valence-electron chi connectivity index (χ0n) is 10.6. The van der Waals surface area contributed by atoms with E-state index in [-0.39, 0.29) is 5.82 Å². The van der Waals surface area contributed by atoms with Crippen LogP contribution in [0, 0.1) is 13.0 Å². The van der Waals surface area contributed by atoms with Crippen LogP contribution in [0.3, 0.4) is 0 Å². The van der Waals surface area contributed by atoms with Crippen LogP contribution in [-0.4, -0.2) is 13.2 Å². The third-order valence-corrected chi connectivity index (χ3v) is 4.27. The van der Waals surface area contributed by atoms with Crippen molar-refractivity contribution in [1.29, 1.82) is 0 Å². The lowest BCUT2D eigenvalue weighted by Gasteiger charge is -2.10. The summed E-state index contributed by atoms with van der Waals surface area (Å²) in [5.41, 5.74) is 0. The van der Waals surface area contributed by atoms with Crippen LogP contribution in [0.25, 0.3) is 0 Å². The second-order valence-corrected chi connectivity index (χ2v) is 6.38. The van der Waals surface area contributed by atoms with E-state index < -0.39 is 0 Å². The standard InChI is InChI=1S/C15H13FI2O2/c16-11-6-7-15(13(18)10-11)20-9-3-8-19-14-5-2-1-4-12(14)17/h1-2,4-7,10H,3,8-9H2. The van der Waals surface area contributed by atoms with Crippen LogP contribution in [0.15, 0.2) is 42.5 Å². The fourth-order valence-corrected chi connectivity index (χ4v) is 2.75. The topological polar surface area (TPSA) is 18.5 Å². The third kappa shape index (κ3) is 4.76. The first-order valence-electron chi connectivity index (χ1n) is 6.12. The highest BCUT2D eigenvalue weighted by atomic mass is 127. The fraction of sp³-hybridized carbons (Fsp3) is 0.200. The molecule has 2 nitrogen and oxygen atoms in total. The first kappa shape index (κ1) is 15.8. The molecule has 20 heavy (non-hydrogen) atoms. The average molecular weight is 498 g/mol. The Balaban J connectivity index is 1.73. The zero-order valence-corrected chi connectivity index (χ0v) is 14.9. The lowest BCUT2D eigenvalue weighted by molar-refractivity contribution is 0.245. The number of rotatable bonds is 6. The predicted molar refractivity (Wildman–Crippen MR) is 93.9 cm³/mol. The van der Waals surface area contributed by atoms with Gasteiger partial charge in [-0.2, -0.15) is 0 Å². The van der Waals surface area contributed by atoms with Gasteiger partial charge in [0.25, 0.3) is 0 Å². The minimum atomic E-state index is -0.247. The Bertz CT molecular complexity index is 576. The number of para-hydroxylation sites is 1. The molecule has 0 aliphatic heterocycles. The van der Waals surface area contributed by atoms with Crippen molar-refractivity contribution in [3.05, 3.63) is 55.4 Å². The highest BCUT2D eigenvalue weighted by molar-refractivity contribution is 14.1. The summed E-state index contributed by atoms with van der Waals surface area (Å²) in [4.78, 5) is 0. The first-order chi connectivity index (χ1) is 9.66. The van der Waals surface area contributed by atoms with Crippen molar-refractivity contribution in [2.24, 2.45) is 0 Å². The van der Waals surface area contributed by atoms with Crippen molar-refractivity contribution < 1.29 is 13.9 Å². The number of ether oxygens (including phenoxy) is 2. The molecule has 0 bridgehead atoms. The lowest BCUT2D eigenvalue weighted by Crippen LogP contribution is -2.06. The number of halogens is 3. The Morgan fingerprint density at radius 1 is 0.850 bits per heavy atom. The van der Waals surface area contributed by atoms with Gasteiger partial charge in [-0.05, 0) is 75.5 Å². The predicted octanol–water partition coefficient (Wildman–Crippen LogP) is 4.88. The molecular formula is C15H13FI2O2. The van der Waals surface area contributed by atoms with Crippen LogP contribution in [0.1, 0.15) is 6.42 Å². The Labute approximate surface area is 144 Å². The molecule has 0 amide bonds. The van der Waals surface area contributed by atoms with Crippen LogP contribution in [0.5, 0.6) is 11.5 Å². The summed E-state index contributed by atoms with van der Waals surface area (Å²) in [5, 5.41) is 0. The number of hydrogen-bond acceptors (Lipinski definition) is 2. The smallest absolute Gasteiger partial charge is 0.132 e. The van der Waals surface area contributed by atoms with Gasteiger partial charge < -0.3 is 9.47 Å². The van der Waals surface area contributed by atoms with E-state index in [0.717, 1.165) is 19.3 Å². The molecule has 0 aliphatic rings. The summed E-state index contributed by atoms with van der Waals surface area (Å²) in [5.74, 6) is 1.36. The van der Waals surface area contributed by atoms with Gasteiger partial charge in [-0.3, -0.25) is 0 Å². The molecule has 0 atom stereocenters. The van der Waals surface area contributed by atoms with E-state index in [9.17, 15) is 4.39 Å². The maximum absolute atomic E-state index is 12.9. The minimum absolute atomic E-state index is 0.247. The molecule has 2 aromatic rings. The first-order valence-corrected chi connectivity index (χ1v) is 8.28. The number of benzene rings is 2. The Morgan fingerprint density at radius 2 is 1.50 bits per heavy atom. The van der Waals surface area contributed by atoms with Gasteiger partial charge >= 0.3 is 0 Å². The molecular weight excluding hydrogens is 485 g/mol. The molecule has 0 fully saturated rings. The van der Waals surface area contributed by atoms with Crippen molar-refractivity contribution >= 4 is 45.2 Å². The van der Waals surface area contributed by atoms with Gasteiger partial charge in [-0.1, -0.05) is 12.1 Å². The Kier molecular flexibility index (Phi) is 6.34. The normalized spacial score (nSPS) is 10.3. The largest absolute Gasteiger partial charge is 0.492 e. The molecule has 0 aliphatic carbocycles. The maximum Gasteiger partial charge on any atom is 0.132 e. The van der Waals surface area contributed by atoms with E-state index in [2.05, 4.69) is 45.2 Å². The maximum atomic E-state index is 12.9. The Hall–Kier alpha value is -0.570. The van der Waals surface area contributed by atoms with Crippen LogP contribution in [0.4, 0.5) is 4.39 Å². The second-order valence-electron chi connectivity index (χ2n) is 4.06. The SMILES string of the molecule is Fc1ccc(OCCCOc2ccccc2I)c(I)c1. The second kappa shape index (κ2) is 8.02. The van der Waals surface area contributed by atoms with Crippen molar-refractivity contribution in [1.82, 2.24) is 0 Å². The monoisotopic (exact) mass is 498 g/mol. The summed E-state index contributed by atoms with van der Waals surface area (Å²) < 4.78 is 26.1. The van der Waals surface area contributed by atoms with Crippen LogP contribution in [0.2, 0.25) is 0 Å². The summed E-state index contributed by atoms with van der Waals surface area (Å²) in [7, 11) is 0. The van der Waals surface area contributed by atoms with Crippen LogP contribution < -0.4 is 9.47 Å². The molecule has 0 radical (unpaired) electrons. The van der Waals surface area contributed by atoms with Crippen molar-refractivity contribution in [3.63, 3.8) is 0 Å². The highest BCUT2D eigenvalue weighted by Gasteiger charge is 2.03. The van der Waals surface area contributed by atoms with E-state index >= 15 is 0 Å². The number of hydrogen-bond donors (Lipinski definition) is 0. The van der Waals surface area contributed by atoms with E-state index in [1.54, 1.807) is 6.07 Å². The Morgan fingerprint density at radius 3 is 2.15 bits per heavy atom. The molecule has 0 aromatic heterocycles. The summed E-state index contributed by atoms with van der Waals surface area (Å²) in [6, 6.07) is 12.4. The van der Waals surface area contributed by atoms with Gasteiger partial charge in [0.15, 0.2) is 0 Å². The molecule has 106 valence electrons. The molecule has 2 aromatic carbocycles. The summed E-state index contributed by atoms with van der Waals surface area (Å²) in [6.07, 6.45) is 0.776. The summed E-state index contributed by atoms with van der Waals surface area (Å²) >= 11 is 4.31. The molecule has 0 N–H and O–H groups in total. The minimum Gasteiger partial charge on any atom is -0.492 e. The lowest BCUT2D eigenvalue weighted by atomic mass is 10.3. The van der Waals surface area contributed by atoms with Gasteiger partial charge in [0.2, 0.25) is 0 Å². The van der Waals surface area contributed by atoms with E-state index in [4.69, 9.17) is 9.47 Å². The molecule has 0 saturated carbocycles. The third-order valence-electron chi connectivity index (χ3n) is 2.53. The van der Waals surface area contributed by atoms with Gasteiger partial charge in [-0.15, -0.1) is 0 Å². The quantitative estimate of drug-likeness (QED) is 0.418. The van der Waals surface area contributed by atoms with E-state index in [0.29, 0.717) is 19.0 Å². The van der Waals surface area contributed by atoms with Gasteiger partial charge in [0.05, 0.1) is 20.4 Å². The fourth-order valence-electron chi connectivity index (χ4n) is 1.58. The highest BCUT2D eigenvalue weighted by Crippen LogP contribution is 2.22.